The third-order valence-electron chi connectivity index (χ3n) is 0.201. The molecule has 0 rings (SSSR count). The van der Waals surface area contributed by atoms with E-state index in [9.17, 15) is 4.79 Å². The maximum absolute atomic E-state index is 9.72. The second kappa shape index (κ2) is 29.3. The van der Waals surface area contributed by atoms with Crippen molar-refractivity contribution in [1.82, 2.24) is 0 Å². The van der Waals surface area contributed by atoms with Crippen molar-refractivity contribution in [1.29, 1.82) is 0 Å². The Hall–Kier alpha value is 3.65. The Morgan fingerprint density at radius 3 is 1.60 bits per heavy atom. The molecular weight excluding hydrogens is 566 g/mol. The van der Waals surface area contributed by atoms with E-state index in [1.54, 1.807) is 0 Å². The zero-order valence-electron chi connectivity index (χ0n) is 5.28. The molecule has 0 atom stereocenters. The molecule has 0 spiro atoms. The molecule has 46 valence electrons. The summed E-state index contributed by atoms with van der Waals surface area (Å²) in [5, 5.41) is 0. The van der Waals surface area contributed by atoms with Crippen LogP contribution in [0.3, 0.4) is 0 Å². The van der Waals surface area contributed by atoms with Gasteiger partial charge in [-0.05, 0) is 0 Å². The second-order valence-electron chi connectivity index (χ2n) is 0.606. The topological polar surface area (TPSA) is 17.1 Å². The van der Waals surface area contributed by atoms with Crippen molar-refractivity contribution in [3.05, 3.63) is 12.7 Å². The van der Waals surface area contributed by atoms with E-state index in [-0.39, 0.29) is 120 Å². The van der Waals surface area contributed by atoms with Crippen LogP contribution in [0.4, 0.5) is 0 Å². The molecule has 1 nitrogen and oxygen atoms in total. The Bertz CT molecular complexity index is 79.5. The van der Waals surface area contributed by atoms with E-state index < -0.39 is 0 Å². The summed E-state index contributed by atoms with van der Waals surface area (Å²) in [5.74, 6) is 0. The van der Waals surface area contributed by atoms with Crippen molar-refractivity contribution in [2.24, 2.45) is 0 Å². The van der Waals surface area contributed by atoms with Gasteiger partial charge in [0.1, 0.15) is 0 Å². The average Bonchev–Trinajstić information content (AvgIpc) is 1.38. The first-order chi connectivity index (χ1) is 2.27. The monoisotopic (exact) mass is 568 g/mol. The molecule has 0 aliphatic rings. The molecule has 12 radical (unpaired) electrons. The number of carbonyl (C=O) groups is 1. The molecule has 0 aromatic carbocycles. The maximum atomic E-state index is 9.72. The van der Waals surface area contributed by atoms with Gasteiger partial charge < -0.3 is 0 Å². The molecule has 0 heterocycles. The van der Waals surface area contributed by atoms with Gasteiger partial charge in [0.25, 0.3) is 0 Å². The van der Waals surface area contributed by atoms with Gasteiger partial charge >= 0.3 is 40.4 Å². The molecule has 7 heteroatoms. The van der Waals surface area contributed by atoms with E-state index >= 15 is 0 Å². The number of allylic oxidation sites excluding steroid dienone is 1. The van der Waals surface area contributed by atoms with Gasteiger partial charge in [0.05, 0.1) is 0 Å². The van der Waals surface area contributed by atoms with Crippen molar-refractivity contribution in [3.63, 3.8) is 0 Å². The summed E-state index contributed by atoms with van der Waals surface area (Å²) in [4.78, 5) is 9.72. The first-order valence-electron chi connectivity index (χ1n) is 1.19. The third-order valence-corrected chi connectivity index (χ3v) is 0.696. The van der Waals surface area contributed by atoms with Crippen LogP contribution in [0.5, 0.6) is 0 Å². The molecule has 0 aromatic rings. The predicted octanol–water partition coefficient (Wildman–Crippen LogP) is -1.28. The Morgan fingerprint density at radius 1 is 1.50 bits per heavy atom. The van der Waals surface area contributed by atoms with Gasteiger partial charge in [-0.3, -0.25) is 0 Å². The Labute approximate surface area is 153 Å². The second-order valence-corrected chi connectivity index (χ2v) is 1.80. The molecule has 0 saturated carbocycles. The summed E-state index contributed by atoms with van der Waals surface area (Å²) in [6.45, 7) is 3.23. The summed E-state index contributed by atoms with van der Waals surface area (Å²) in [6, 6.07) is 0. The number of hydrogen-bond donors (Lipinski definition) is 0. The van der Waals surface area contributed by atoms with Crippen LogP contribution in [0, 0.1) is 40.8 Å². The first-order valence-corrected chi connectivity index (χ1v) is 2.40. The van der Waals surface area contributed by atoms with Crippen LogP contribution in [0.2, 0.25) is 0 Å². The van der Waals surface area contributed by atoms with E-state index in [0.29, 0.717) is 0 Å². The van der Waals surface area contributed by atoms with Crippen LogP contribution < -0.4 is 0 Å². The molecule has 0 N–H and O–H groups in total. The minimum Gasteiger partial charge on any atom is 0 e. The van der Waals surface area contributed by atoms with Gasteiger partial charge in [0.2, 0.25) is 0 Å². The van der Waals surface area contributed by atoms with Crippen LogP contribution >= 0.6 is 0 Å². The van der Waals surface area contributed by atoms with Crippen LogP contribution in [0.15, 0.2) is 12.7 Å². The van der Waals surface area contributed by atoms with Gasteiger partial charge in [-0.2, -0.15) is 0 Å². The molecular formula is C3H3BFeGaInNdOSn. The van der Waals surface area contributed by atoms with E-state index in [0.717, 1.165) is 18.6 Å². The molecule has 0 unspecified atom stereocenters. The number of carbonyl (C=O) groups excluding carboxylic acids is 1. The van der Waals surface area contributed by atoms with Crippen molar-refractivity contribution in [2.75, 3.05) is 0 Å². The quantitative estimate of drug-likeness (QED) is 0.285. The van der Waals surface area contributed by atoms with Gasteiger partial charge in [-0.1, -0.05) is 0 Å². The van der Waals surface area contributed by atoms with E-state index in [4.69, 9.17) is 0 Å². The minimum atomic E-state index is 0. The standard InChI is InChI=1S/C3H3O.B.Fe.Ga.In.Nd.Sn/c1-2-3-4;;;;;;/h2H,1H2;;;;;;. The Balaban J connectivity index is -0.00000000800. The van der Waals surface area contributed by atoms with E-state index in [1.165, 1.54) is 6.08 Å². The summed E-state index contributed by atoms with van der Waals surface area (Å²) < 4.78 is 0.0810. The zero-order chi connectivity index (χ0) is 4.28. The van der Waals surface area contributed by atoms with Gasteiger partial charge in [-0.15, -0.1) is 0 Å². The van der Waals surface area contributed by atoms with Gasteiger partial charge in [0, 0.05) is 116 Å². The molecule has 0 fully saturated rings. The van der Waals surface area contributed by atoms with Gasteiger partial charge in [0.15, 0.2) is 0 Å². The number of rotatable bonds is 1. The van der Waals surface area contributed by atoms with Crippen molar-refractivity contribution in [3.8, 4) is 0 Å². The van der Waals surface area contributed by atoms with Crippen LogP contribution in [0.1, 0.15) is 0 Å². The number of hydrogen-bond acceptors (Lipinski definition) is 1. The summed E-state index contributed by atoms with van der Waals surface area (Å²) in [5.41, 5.74) is 0. The molecule has 0 bridgehead atoms. The van der Waals surface area contributed by atoms with E-state index in [1.807, 2.05) is 0 Å². The van der Waals surface area contributed by atoms with Crippen LogP contribution in [-0.2, 0) is 21.9 Å². The summed E-state index contributed by atoms with van der Waals surface area (Å²) >= 11 is 1.08. The average molecular weight is 569 g/mol. The first kappa shape index (κ1) is 37.3. The van der Waals surface area contributed by atoms with Crippen molar-refractivity contribution >= 4 is 81.1 Å². The Kier molecular flexibility index (Phi) is 109. The summed E-state index contributed by atoms with van der Waals surface area (Å²) in [7, 11) is 0. The van der Waals surface area contributed by atoms with E-state index in [2.05, 4.69) is 6.58 Å². The SMILES string of the molecule is C=C[C](=O)[Ga].[B].[Fe].[In].[Nd].[Sn]. The predicted molar refractivity (Wildman–Crippen MR) is 38.2 cm³/mol. The normalized spacial score (nSPS) is 3.20. The van der Waals surface area contributed by atoms with Gasteiger partial charge in [-0.25, -0.2) is 0 Å². The van der Waals surface area contributed by atoms with Crippen LogP contribution in [-0.4, -0.2) is 81.1 Å². The molecule has 10 heavy (non-hydrogen) atoms. The molecule has 0 aliphatic heterocycles. The fourth-order valence-electron chi connectivity index (χ4n) is 0. The Morgan fingerprint density at radius 2 is 1.60 bits per heavy atom. The summed E-state index contributed by atoms with van der Waals surface area (Å²) in [6.07, 6.45) is 1.31. The van der Waals surface area contributed by atoms with Crippen LogP contribution in [0.25, 0.3) is 0 Å². The smallest absolute Gasteiger partial charge is 0 e. The fraction of sp³-hybridized carbons (Fsp3) is 0. The van der Waals surface area contributed by atoms with Crippen molar-refractivity contribution < 1.29 is 62.7 Å². The minimum absolute atomic E-state index is 0. The van der Waals surface area contributed by atoms with Crippen molar-refractivity contribution in [2.45, 2.75) is 0 Å². The molecule has 0 amide bonds. The third kappa shape index (κ3) is 41.4. The largest absolute Gasteiger partial charge is 0 e. The molecule has 0 aliphatic carbocycles. The molecule has 0 aromatic heterocycles. The maximum Gasteiger partial charge on any atom is 0 e. The molecule has 0 saturated heterocycles. The fourth-order valence-corrected chi connectivity index (χ4v) is 0. The zero-order valence-corrected chi connectivity index (χ0v) is 18.2.